The smallest absolute Gasteiger partial charge is 0.407 e. The highest BCUT2D eigenvalue weighted by molar-refractivity contribution is 7.92. The van der Waals surface area contributed by atoms with E-state index in [1.165, 1.54) is 13.8 Å². The zero-order valence-electron chi connectivity index (χ0n) is 16.5. The van der Waals surface area contributed by atoms with Gasteiger partial charge in [-0.25, -0.2) is 13.2 Å². The molecule has 0 aliphatic carbocycles. The third kappa shape index (κ3) is 7.58. The third-order valence-corrected chi connectivity index (χ3v) is 6.66. The van der Waals surface area contributed by atoms with E-state index < -0.39 is 43.9 Å². The molecule has 0 aliphatic heterocycles. The van der Waals surface area contributed by atoms with E-state index in [1.807, 2.05) is 6.07 Å². The first-order valence-corrected chi connectivity index (χ1v) is 10.3. The first-order chi connectivity index (χ1) is 12.2. The zero-order valence-corrected chi connectivity index (χ0v) is 17.3. The fraction of sp³-hybridized carbons (Fsp3) is 0.579. The molecule has 0 unspecified atom stereocenters. The number of benzene rings is 1. The summed E-state index contributed by atoms with van der Waals surface area (Å²) in [5.74, 6) is -2.75. The number of rotatable bonds is 8. The molecule has 0 saturated heterocycles. The van der Waals surface area contributed by atoms with Gasteiger partial charge in [0.25, 0.3) is 0 Å². The van der Waals surface area contributed by atoms with E-state index in [4.69, 9.17) is 4.74 Å². The third-order valence-electron chi connectivity index (χ3n) is 3.99. The van der Waals surface area contributed by atoms with E-state index in [-0.39, 0.29) is 13.0 Å². The number of hydrogen-bond donors (Lipinski definition) is 2. The van der Waals surface area contributed by atoms with Crippen LogP contribution in [0.25, 0.3) is 0 Å². The molecule has 2 N–H and O–H groups in total. The van der Waals surface area contributed by atoms with Gasteiger partial charge in [0, 0.05) is 6.54 Å². The summed E-state index contributed by atoms with van der Waals surface area (Å²) in [7, 11) is -3.81. The lowest BCUT2D eigenvalue weighted by molar-refractivity contribution is -0.140. The topological polar surface area (TPSA) is 110 Å². The molecule has 1 amide bonds. The van der Waals surface area contributed by atoms with Crippen molar-refractivity contribution in [2.75, 3.05) is 12.3 Å². The molecule has 8 heteroatoms. The molecule has 27 heavy (non-hydrogen) atoms. The second-order valence-corrected chi connectivity index (χ2v) is 10.8. The molecule has 0 radical (unpaired) electrons. The number of sulfone groups is 1. The van der Waals surface area contributed by atoms with Crippen LogP contribution in [-0.4, -0.2) is 48.2 Å². The van der Waals surface area contributed by atoms with Crippen LogP contribution in [0.4, 0.5) is 4.79 Å². The van der Waals surface area contributed by atoms with Gasteiger partial charge in [-0.2, -0.15) is 0 Å². The highest BCUT2D eigenvalue weighted by Gasteiger charge is 2.38. The van der Waals surface area contributed by atoms with E-state index in [2.05, 4.69) is 5.32 Å². The Morgan fingerprint density at radius 3 is 2.15 bits per heavy atom. The summed E-state index contributed by atoms with van der Waals surface area (Å²) in [4.78, 5) is 23.4. The van der Waals surface area contributed by atoms with Crippen LogP contribution in [0.5, 0.6) is 0 Å². The quantitative estimate of drug-likeness (QED) is 0.695. The van der Waals surface area contributed by atoms with Crippen molar-refractivity contribution >= 4 is 21.9 Å². The standard InChI is InChI=1S/C19H29NO6S/c1-18(2,3)26-17(23)20-13-19(4,5)27(24,25)12-15(16(21)22)11-14-9-7-6-8-10-14/h6-10,15H,11-13H2,1-5H3,(H,20,23)(H,21,22)/t15-/m1/s1. The Bertz CT molecular complexity index is 750. The number of aliphatic carboxylic acids is 1. The molecule has 0 aliphatic rings. The Balaban J connectivity index is 2.82. The molecular formula is C19H29NO6S. The molecule has 1 atom stereocenters. The lowest BCUT2D eigenvalue weighted by Gasteiger charge is -2.28. The van der Waals surface area contributed by atoms with Crippen LogP contribution in [0.15, 0.2) is 30.3 Å². The maximum atomic E-state index is 12.8. The van der Waals surface area contributed by atoms with Crippen molar-refractivity contribution < 1.29 is 27.9 Å². The minimum Gasteiger partial charge on any atom is -0.481 e. The van der Waals surface area contributed by atoms with Crippen molar-refractivity contribution in [1.82, 2.24) is 5.32 Å². The van der Waals surface area contributed by atoms with Crippen LogP contribution in [0.2, 0.25) is 0 Å². The number of carbonyl (C=O) groups is 2. The minimum absolute atomic E-state index is 0.116. The number of ether oxygens (including phenoxy) is 1. The lowest BCUT2D eigenvalue weighted by atomic mass is 10.0. The predicted octanol–water partition coefficient (Wildman–Crippen LogP) is 2.65. The Morgan fingerprint density at radius 1 is 1.11 bits per heavy atom. The van der Waals surface area contributed by atoms with Crippen molar-refractivity contribution in [3.63, 3.8) is 0 Å². The minimum atomic E-state index is -3.81. The Hall–Kier alpha value is -2.09. The summed E-state index contributed by atoms with van der Waals surface area (Å²) in [6.07, 6.45) is -0.602. The van der Waals surface area contributed by atoms with Gasteiger partial charge in [-0.15, -0.1) is 0 Å². The van der Waals surface area contributed by atoms with Gasteiger partial charge in [-0.3, -0.25) is 4.79 Å². The Morgan fingerprint density at radius 2 is 1.67 bits per heavy atom. The highest BCUT2D eigenvalue weighted by Crippen LogP contribution is 2.22. The molecular weight excluding hydrogens is 370 g/mol. The summed E-state index contributed by atoms with van der Waals surface area (Å²) < 4.78 is 29.4. The summed E-state index contributed by atoms with van der Waals surface area (Å²) >= 11 is 0. The molecule has 1 rings (SSSR count). The number of carbonyl (C=O) groups excluding carboxylic acids is 1. The van der Waals surface area contributed by atoms with Gasteiger partial charge in [0.2, 0.25) is 0 Å². The summed E-state index contributed by atoms with van der Waals surface area (Å²) in [6.45, 7) is 7.85. The van der Waals surface area contributed by atoms with E-state index in [0.717, 1.165) is 5.56 Å². The SMILES string of the molecule is CC(C)(C)OC(=O)NCC(C)(C)S(=O)(=O)C[C@@H](Cc1ccccc1)C(=O)O. The molecule has 7 nitrogen and oxygen atoms in total. The fourth-order valence-corrected chi connectivity index (χ4v) is 3.85. The molecule has 0 bridgehead atoms. The van der Waals surface area contributed by atoms with Crippen LogP contribution in [0.1, 0.15) is 40.2 Å². The van der Waals surface area contributed by atoms with Crippen molar-refractivity contribution in [2.45, 2.75) is 51.4 Å². The van der Waals surface area contributed by atoms with Crippen molar-refractivity contribution in [3.8, 4) is 0 Å². The largest absolute Gasteiger partial charge is 0.481 e. The van der Waals surface area contributed by atoms with Gasteiger partial charge in [-0.05, 0) is 46.6 Å². The molecule has 0 saturated carbocycles. The molecule has 0 fully saturated rings. The molecule has 0 aromatic heterocycles. The number of carboxylic acids is 1. The maximum absolute atomic E-state index is 12.8. The molecule has 152 valence electrons. The number of hydrogen-bond acceptors (Lipinski definition) is 5. The summed E-state index contributed by atoms with van der Waals surface area (Å²) in [6, 6.07) is 8.88. The van der Waals surface area contributed by atoms with Crippen LogP contribution < -0.4 is 5.32 Å². The first-order valence-electron chi connectivity index (χ1n) is 8.69. The van der Waals surface area contributed by atoms with Crippen molar-refractivity contribution in [1.29, 1.82) is 0 Å². The molecule has 0 spiro atoms. The number of carboxylic acid groups (broad SMARTS) is 1. The van der Waals surface area contributed by atoms with Gasteiger partial charge < -0.3 is 15.2 Å². The van der Waals surface area contributed by atoms with Crippen molar-refractivity contribution in [3.05, 3.63) is 35.9 Å². The average Bonchev–Trinajstić information content (AvgIpc) is 2.51. The maximum Gasteiger partial charge on any atom is 0.407 e. The van der Waals surface area contributed by atoms with Gasteiger partial charge in [0.05, 0.1) is 16.4 Å². The summed E-state index contributed by atoms with van der Waals surface area (Å²) in [5.41, 5.74) is 0.0572. The molecule has 0 heterocycles. The number of nitrogens with one attached hydrogen (secondary N) is 1. The normalized spacial score (nSPS) is 13.7. The van der Waals surface area contributed by atoms with E-state index in [9.17, 15) is 23.1 Å². The number of alkyl carbamates (subject to hydrolysis) is 1. The second kappa shape index (κ2) is 8.73. The van der Waals surface area contributed by atoms with E-state index in [1.54, 1.807) is 45.0 Å². The Kier molecular flexibility index (Phi) is 7.42. The van der Waals surface area contributed by atoms with Crippen LogP contribution in [-0.2, 0) is 25.8 Å². The van der Waals surface area contributed by atoms with Crippen LogP contribution in [0.3, 0.4) is 0 Å². The predicted molar refractivity (Wildman–Crippen MR) is 103 cm³/mol. The van der Waals surface area contributed by atoms with Gasteiger partial charge in [-0.1, -0.05) is 30.3 Å². The average molecular weight is 400 g/mol. The monoisotopic (exact) mass is 399 g/mol. The van der Waals surface area contributed by atoms with Gasteiger partial charge in [0.15, 0.2) is 9.84 Å². The highest BCUT2D eigenvalue weighted by atomic mass is 32.2. The Labute approximate surface area is 161 Å². The van der Waals surface area contributed by atoms with Gasteiger partial charge in [0.1, 0.15) is 5.60 Å². The first kappa shape index (κ1) is 23.0. The second-order valence-electron chi connectivity index (χ2n) is 8.12. The summed E-state index contributed by atoms with van der Waals surface area (Å²) in [5, 5.41) is 11.9. The fourth-order valence-electron chi connectivity index (χ4n) is 2.32. The number of amides is 1. The molecule has 1 aromatic rings. The zero-order chi connectivity index (χ0) is 20.9. The van der Waals surface area contributed by atoms with Crippen LogP contribution >= 0.6 is 0 Å². The van der Waals surface area contributed by atoms with E-state index >= 15 is 0 Å². The van der Waals surface area contributed by atoms with Gasteiger partial charge >= 0.3 is 12.1 Å². The molecule has 1 aromatic carbocycles. The lowest BCUT2D eigenvalue weighted by Crippen LogP contribution is -2.48. The van der Waals surface area contributed by atoms with E-state index in [0.29, 0.717) is 0 Å². The van der Waals surface area contributed by atoms with Crippen molar-refractivity contribution in [2.24, 2.45) is 5.92 Å². The van der Waals surface area contributed by atoms with Crippen LogP contribution in [0, 0.1) is 5.92 Å².